The van der Waals surface area contributed by atoms with E-state index in [-0.39, 0.29) is 19.0 Å². The van der Waals surface area contributed by atoms with E-state index in [4.69, 9.17) is 15.0 Å². The summed E-state index contributed by atoms with van der Waals surface area (Å²) in [7, 11) is 0. The molecule has 6 heteroatoms. The number of nitrogens with two attached hydrogens (primary N) is 1. The Kier molecular flexibility index (Phi) is 4.46. The van der Waals surface area contributed by atoms with Crippen LogP contribution in [0.15, 0.2) is 22.7 Å². The van der Waals surface area contributed by atoms with E-state index < -0.39 is 0 Å². The molecule has 2 aromatic rings. The van der Waals surface area contributed by atoms with Gasteiger partial charge in [0.15, 0.2) is 6.61 Å². The molecule has 0 aliphatic carbocycles. The van der Waals surface area contributed by atoms with Crippen LogP contribution in [0.3, 0.4) is 0 Å². The van der Waals surface area contributed by atoms with Crippen molar-refractivity contribution in [3.8, 4) is 5.75 Å². The highest BCUT2D eigenvalue weighted by Gasteiger charge is 2.08. The second-order valence-corrected chi connectivity index (χ2v) is 4.10. The maximum atomic E-state index is 13.0. The number of benzene rings is 1. The van der Waals surface area contributed by atoms with Crippen molar-refractivity contribution >= 4 is 0 Å². The van der Waals surface area contributed by atoms with Gasteiger partial charge in [0, 0.05) is 18.5 Å². The van der Waals surface area contributed by atoms with Crippen LogP contribution in [0, 0.1) is 5.82 Å². The Morgan fingerprint density at radius 2 is 2.26 bits per heavy atom. The van der Waals surface area contributed by atoms with Crippen LogP contribution in [0.1, 0.15) is 30.6 Å². The van der Waals surface area contributed by atoms with Gasteiger partial charge in [-0.25, -0.2) is 4.39 Å². The van der Waals surface area contributed by atoms with Crippen LogP contribution in [0.5, 0.6) is 5.75 Å². The van der Waals surface area contributed by atoms with Crippen molar-refractivity contribution < 1.29 is 13.7 Å². The maximum absolute atomic E-state index is 13.0. The first-order valence-corrected chi connectivity index (χ1v) is 6.15. The molecule has 0 aliphatic heterocycles. The van der Waals surface area contributed by atoms with Crippen molar-refractivity contribution in [3.05, 3.63) is 41.3 Å². The SMILES string of the molecule is CCCc1nc(COc2ccc(F)cc2CN)no1. The number of nitrogens with zero attached hydrogens (tertiary/aromatic N) is 2. The molecule has 1 heterocycles. The van der Waals surface area contributed by atoms with Gasteiger partial charge in [0.05, 0.1) is 0 Å². The predicted octanol–water partition coefficient (Wildman–Crippen LogP) is 2.20. The van der Waals surface area contributed by atoms with E-state index in [1.54, 1.807) is 6.07 Å². The van der Waals surface area contributed by atoms with Gasteiger partial charge in [0.25, 0.3) is 0 Å². The van der Waals surface area contributed by atoms with Crippen LogP contribution >= 0.6 is 0 Å². The Bertz CT molecular complexity index is 542. The van der Waals surface area contributed by atoms with Gasteiger partial charge in [-0.3, -0.25) is 0 Å². The highest BCUT2D eigenvalue weighted by molar-refractivity contribution is 5.33. The van der Waals surface area contributed by atoms with Crippen LogP contribution in [-0.4, -0.2) is 10.1 Å². The van der Waals surface area contributed by atoms with E-state index in [9.17, 15) is 4.39 Å². The first kappa shape index (κ1) is 13.5. The molecule has 1 aromatic carbocycles. The minimum atomic E-state index is -0.336. The van der Waals surface area contributed by atoms with Crippen LogP contribution in [0.2, 0.25) is 0 Å². The van der Waals surface area contributed by atoms with Gasteiger partial charge in [-0.2, -0.15) is 4.98 Å². The number of ether oxygens (including phenoxy) is 1. The molecule has 0 atom stereocenters. The number of hydrogen-bond acceptors (Lipinski definition) is 5. The molecule has 0 spiro atoms. The summed E-state index contributed by atoms with van der Waals surface area (Å²) in [6.45, 7) is 2.42. The summed E-state index contributed by atoms with van der Waals surface area (Å²) in [5.74, 6) is 1.26. The van der Waals surface area contributed by atoms with Crippen molar-refractivity contribution in [3.63, 3.8) is 0 Å². The van der Waals surface area contributed by atoms with Crippen molar-refractivity contribution in [2.24, 2.45) is 5.73 Å². The number of halogens is 1. The molecule has 0 saturated heterocycles. The molecular weight excluding hydrogens is 249 g/mol. The Morgan fingerprint density at radius 1 is 1.42 bits per heavy atom. The summed E-state index contributed by atoms with van der Waals surface area (Å²) < 4.78 is 23.6. The fourth-order valence-electron chi connectivity index (χ4n) is 1.65. The van der Waals surface area contributed by atoms with E-state index in [1.165, 1.54) is 12.1 Å². The first-order chi connectivity index (χ1) is 9.22. The number of hydrogen-bond donors (Lipinski definition) is 1. The summed E-state index contributed by atoms with van der Waals surface area (Å²) in [5.41, 5.74) is 6.14. The van der Waals surface area contributed by atoms with Gasteiger partial charge in [-0.15, -0.1) is 0 Å². The van der Waals surface area contributed by atoms with E-state index >= 15 is 0 Å². The summed E-state index contributed by atoms with van der Waals surface area (Å²) in [6.07, 6.45) is 1.69. The zero-order valence-corrected chi connectivity index (χ0v) is 10.7. The molecule has 0 radical (unpaired) electrons. The molecule has 0 saturated carbocycles. The van der Waals surface area contributed by atoms with Gasteiger partial charge in [-0.05, 0) is 24.6 Å². The predicted molar refractivity (Wildman–Crippen MR) is 66.9 cm³/mol. The van der Waals surface area contributed by atoms with E-state index in [0.29, 0.717) is 23.0 Å². The van der Waals surface area contributed by atoms with Gasteiger partial charge < -0.3 is 15.0 Å². The lowest BCUT2D eigenvalue weighted by Gasteiger charge is -2.08. The highest BCUT2D eigenvalue weighted by Crippen LogP contribution is 2.20. The molecule has 2 N–H and O–H groups in total. The zero-order valence-electron chi connectivity index (χ0n) is 10.7. The molecule has 0 bridgehead atoms. The molecule has 19 heavy (non-hydrogen) atoms. The maximum Gasteiger partial charge on any atom is 0.226 e. The molecule has 0 unspecified atom stereocenters. The average molecular weight is 265 g/mol. The molecule has 0 aliphatic rings. The van der Waals surface area contributed by atoms with Gasteiger partial charge >= 0.3 is 0 Å². The smallest absolute Gasteiger partial charge is 0.226 e. The Labute approximate surface area is 110 Å². The van der Waals surface area contributed by atoms with Gasteiger partial charge in [0.2, 0.25) is 11.7 Å². The summed E-state index contributed by atoms with van der Waals surface area (Å²) in [4.78, 5) is 4.18. The standard InChI is InChI=1S/C13H16FN3O2/c1-2-3-13-16-12(17-19-13)8-18-11-5-4-10(14)6-9(11)7-15/h4-6H,2-3,7-8,15H2,1H3. The van der Waals surface area contributed by atoms with E-state index in [1.807, 2.05) is 6.92 Å². The fraction of sp³-hybridized carbons (Fsp3) is 0.385. The highest BCUT2D eigenvalue weighted by atomic mass is 19.1. The van der Waals surface area contributed by atoms with Crippen LogP contribution in [0.4, 0.5) is 4.39 Å². The quantitative estimate of drug-likeness (QED) is 0.866. The summed E-state index contributed by atoms with van der Waals surface area (Å²) >= 11 is 0. The monoisotopic (exact) mass is 265 g/mol. The Morgan fingerprint density at radius 3 is 3.00 bits per heavy atom. The Hall–Kier alpha value is -1.95. The third-order valence-electron chi connectivity index (χ3n) is 2.57. The fourth-order valence-corrected chi connectivity index (χ4v) is 1.65. The normalized spacial score (nSPS) is 10.7. The topological polar surface area (TPSA) is 74.2 Å². The van der Waals surface area contributed by atoms with Crippen LogP contribution in [-0.2, 0) is 19.6 Å². The molecule has 5 nitrogen and oxygen atoms in total. The molecule has 2 rings (SSSR count). The summed E-state index contributed by atoms with van der Waals surface area (Å²) in [5, 5.41) is 3.81. The van der Waals surface area contributed by atoms with Gasteiger partial charge in [0.1, 0.15) is 11.6 Å². The average Bonchev–Trinajstić information content (AvgIpc) is 2.85. The van der Waals surface area contributed by atoms with Gasteiger partial charge in [-0.1, -0.05) is 12.1 Å². The molecule has 0 amide bonds. The largest absolute Gasteiger partial charge is 0.485 e. The van der Waals surface area contributed by atoms with E-state index in [2.05, 4.69) is 10.1 Å². The molecule has 1 aromatic heterocycles. The third kappa shape index (κ3) is 3.51. The lowest BCUT2D eigenvalue weighted by Crippen LogP contribution is -2.04. The van der Waals surface area contributed by atoms with Crippen LogP contribution < -0.4 is 10.5 Å². The van der Waals surface area contributed by atoms with E-state index in [0.717, 1.165) is 12.8 Å². The molecular formula is C13H16FN3O2. The van der Waals surface area contributed by atoms with Crippen LogP contribution in [0.25, 0.3) is 0 Å². The number of rotatable bonds is 6. The lowest BCUT2D eigenvalue weighted by atomic mass is 10.2. The minimum absolute atomic E-state index is 0.172. The van der Waals surface area contributed by atoms with Crippen molar-refractivity contribution in [2.75, 3.05) is 0 Å². The minimum Gasteiger partial charge on any atom is -0.485 e. The second-order valence-electron chi connectivity index (χ2n) is 4.10. The summed E-state index contributed by atoms with van der Waals surface area (Å²) in [6, 6.07) is 4.23. The second kappa shape index (κ2) is 6.29. The first-order valence-electron chi connectivity index (χ1n) is 6.15. The third-order valence-corrected chi connectivity index (χ3v) is 2.57. The number of aryl methyl sites for hydroxylation is 1. The zero-order chi connectivity index (χ0) is 13.7. The lowest BCUT2D eigenvalue weighted by molar-refractivity contribution is 0.282. The molecule has 0 fully saturated rings. The molecule has 102 valence electrons. The number of aromatic nitrogens is 2. The Balaban J connectivity index is 2.01. The van der Waals surface area contributed by atoms with Crippen molar-refractivity contribution in [1.29, 1.82) is 0 Å². The van der Waals surface area contributed by atoms with Crippen molar-refractivity contribution in [1.82, 2.24) is 10.1 Å². The van der Waals surface area contributed by atoms with Crippen molar-refractivity contribution in [2.45, 2.75) is 32.9 Å².